The molecule has 5 rings (SSSR count). The summed E-state index contributed by atoms with van der Waals surface area (Å²) in [4.78, 5) is 44.1. The van der Waals surface area contributed by atoms with E-state index >= 15 is 0 Å². The first-order valence-electron chi connectivity index (χ1n) is 14.5. The van der Waals surface area contributed by atoms with Gasteiger partial charge in [0.1, 0.15) is 11.8 Å². The molecule has 2 aromatic carbocycles. The number of allylic oxidation sites excluding steroid dienone is 1. The van der Waals surface area contributed by atoms with Crippen LogP contribution in [-0.2, 0) is 14.3 Å². The van der Waals surface area contributed by atoms with Crippen molar-refractivity contribution in [3.05, 3.63) is 108 Å². The summed E-state index contributed by atoms with van der Waals surface area (Å²) >= 11 is 1.28. The number of aryl methyl sites for hydroxylation is 1. The summed E-state index contributed by atoms with van der Waals surface area (Å²) in [5.41, 5.74) is 5.74. The lowest BCUT2D eigenvalue weighted by Gasteiger charge is -2.26. The molecule has 44 heavy (non-hydrogen) atoms. The second kappa shape index (κ2) is 12.5. The normalized spacial score (nSPS) is 14.8. The molecule has 3 heterocycles. The van der Waals surface area contributed by atoms with E-state index in [9.17, 15) is 14.4 Å². The average molecular weight is 613 g/mol. The summed E-state index contributed by atoms with van der Waals surface area (Å²) in [5.74, 6) is -0.0512. The number of para-hydroxylation sites is 1. The number of nitrogens with one attached hydrogen (secondary N) is 1. The lowest BCUT2D eigenvalue weighted by molar-refractivity contribution is -0.139. The number of benzene rings is 2. The van der Waals surface area contributed by atoms with Gasteiger partial charge in [0.2, 0.25) is 5.91 Å². The molecule has 1 atom stereocenters. The summed E-state index contributed by atoms with van der Waals surface area (Å²) < 4.78 is 15.8. The molecule has 0 saturated heterocycles. The Morgan fingerprint density at radius 2 is 1.80 bits per heavy atom. The molecule has 0 bridgehead atoms. The number of carbonyl (C=O) groups excluding carboxylic acids is 2. The lowest BCUT2D eigenvalue weighted by atomic mass is 9.95. The third kappa shape index (κ3) is 5.90. The predicted molar refractivity (Wildman–Crippen MR) is 172 cm³/mol. The third-order valence-corrected chi connectivity index (χ3v) is 8.28. The zero-order valence-electron chi connectivity index (χ0n) is 25.9. The van der Waals surface area contributed by atoms with Crippen LogP contribution in [-0.4, -0.2) is 33.7 Å². The number of ether oxygens (including phenoxy) is 2. The molecule has 1 amide bonds. The van der Waals surface area contributed by atoms with E-state index in [-0.39, 0.29) is 24.2 Å². The summed E-state index contributed by atoms with van der Waals surface area (Å²) in [6, 6.07) is 16.3. The van der Waals surface area contributed by atoms with Crippen LogP contribution >= 0.6 is 11.3 Å². The van der Waals surface area contributed by atoms with Crippen molar-refractivity contribution in [2.45, 2.75) is 60.6 Å². The predicted octanol–water partition coefficient (Wildman–Crippen LogP) is 4.95. The van der Waals surface area contributed by atoms with Crippen LogP contribution in [0.1, 0.15) is 63.2 Å². The highest BCUT2D eigenvalue weighted by molar-refractivity contribution is 7.07. The SMILES string of the molecule is CCOC(=O)C1=C(C)N=c2s/c(=C/c3cc(C)n(-c4ccc(NC(C)=O)cc4)c3C)c(=O)n2[C@@H]1c1ccccc1OC(C)C. The second-order valence-electron chi connectivity index (χ2n) is 10.9. The van der Waals surface area contributed by atoms with Crippen LogP contribution in [0.3, 0.4) is 0 Å². The summed E-state index contributed by atoms with van der Waals surface area (Å²) in [6.07, 6.45) is 1.77. The maximum absolute atomic E-state index is 14.2. The monoisotopic (exact) mass is 612 g/mol. The number of hydrogen-bond acceptors (Lipinski definition) is 7. The number of aromatic nitrogens is 2. The van der Waals surface area contributed by atoms with Gasteiger partial charge in [0.15, 0.2) is 4.80 Å². The molecule has 0 radical (unpaired) electrons. The molecule has 9 nitrogen and oxygen atoms in total. The largest absolute Gasteiger partial charge is 0.491 e. The van der Waals surface area contributed by atoms with Crippen molar-refractivity contribution in [1.82, 2.24) is 9.13 Å². The molecule has 0 unspecified atom stereocenters. The van der Waals surface area contributed by atoms with Gasteiger partial charge in [0.25, 0.3) is 5.56 Å². The number of thiazole rings is 1. The highest BCUT2D eigenvalue weighted by atomic mass is 32.1. The van der Waals surface area contributed by atoms with E-state index in [1.54, 1.807) is 18.4 Å². The Morgan fingerprint density at radius 1 is 1.09 bits per heavy atom. The van der Waals surface area contributed by atoms with Gasteiger partial charge in [0.05, 0.1) is 28.5 Å². The minimum atomic E-state index is -0.767. The van der Waals surface area contributed by atoms with Crippen LogP contribution in [0.4, 0.5) is 5.69 Å². The molecule has 0 fully saturated rings. The van der Waals surface area contributed by atoms with E-state index in [1.165, 1.54) is 18.3 Å². The fourth-order valence-electron chi connectivity index (χ4n) is 5.52. The van der Waals surface area contributed by atoms with Crippen LogP contribution in [0.25, 0.3) is 11.8 Å². The van der Waals surface area contributed by atoms with Gasteiger partial charge < -0.3 is 19.4 Å². The molecule has 0 saturated carbocycles. The number of amides is 1. The molecule has 2 aromatic heterocycles. The fourth-order valence-corrected chi connectivity index (χ4v) is 6.56. The Bertz CT molecular complexity index is 1960. The Kier molecular flexibility index (Phi) is 8.73. The highest BCUT2D eigenvalue weighted by Gasteiger charge is 2.35. The van der Waals surface area contributed by atoms with Crippen LogP contribution in [0, 0.1) is 13.8 Å². The minimum Gasteiger partial charge on any atom is -0.491 e. The van der Waals surface area contributed by atoms with Crippen LogP contribution in [0.2, 0.25) is 0 Å². The molecule has 10 heteroatoms. The van der Waals surface area contributed by atoms with E-state index in [4.69, 9.17) is 14.5 Å². The highest BCUT2D eigenvalue weighted by Crippen LogP contribution is 2.36. The van der Waals surface area contributed by atoms with E-state index < -0.39 is 12.0 Å². The molecule has 1 aliphatic rings. The number of rotatable bonds is 8. The van der Waals surface area contributed by atoms with Gasteiger partial charge in [-0.25, -0.2) is 9.79 Å². The first kappa shape index (κ1) is 30.7. The van der Waals surface area contributed by atoms with Gasteiger partial charge in [-0.15, -0.1) is 0 Å². The second-order valence-corrected chi connectivity index (χ2v) is 11.9. The van der Waals surface area contributed by atoms with Crippen molar-refractivity contribution in [2.24, 2.45) is 4.99 Å². The summed E-state index contributed by atoms with van der Waals surface area (Å²) in [5, 5.41) is 2.79. The molecule has 4 aromatic rings. The number of hydrogen-bond donors (Lipinski definition) is 1. The van der Waals surface area contributed by atoms with Crippen molar-refractivity contribution in [1.29, 1.82) is 0 Å². The maximum atomic E-state index is 14.2. The summed E-state index contributed by atoms with van der Waals surface area (Å²) in [6.45, 7) is 13.1. The molecule has 0 spiro atoms. The van der Waals surface area contributed by atoms with Crippen LogP contribution in [0.15, 0.2) is 75.7 Å². The fraction of sp³-hybridized carbons (Fsp3) is 0.294. The Morgan fingerprint density at radius 3 is 2.45 bits per heavy atom. The lowest BCUT2D eigenvalue weighted by Crippen LogP contribution is -2.40. The van der Waals surface area contributed by atoms with E-state index in [0.717, 1.165) is 28.3 Å². The summed E-state index contributed by atoms with van der Waals surface area (Å²) in [7, 11) is 0. The zero-order chi connectivity index (χ0) is 31.7. The Balaban J connectivity index is 1.65. The minimum absolute atomic E-state index is 0.111. The van der Waals surface area contributed by atoms with Gasteiger partial charge in [0, 0.05) is 35.2 Å². The van der Waals surface area contributed by atoms with Crippen molar-refractivity contribution in [2.75, 3.05) is 11.9 Å². The van der Waals surface area contributed by atoms with Gasteiger partial charge >= 0.3 is 5.97 Å². The average Bonchev–Trinajstić information content (AvgIpc) is 3.42. The maximum Gasteiger partial charge on any atom is 0.338 e. The van der Waals surface area contributed by atoms with Gasteiger partial charge in [-0.1, -0.05) is 29.5 Å². The third-order valence-electron chi connectivity index (χ3n) is 7.30. The van der Waals surface area contributed by atoms with E-state index in [0.29, 0.717) is 31.9 Å². The molecule has 228 valence electrons. The quantitative estimate of drug-likeness (QED) is 0.284. The first-order chi connectivity index (χ1) is 21.0. The van der Waals surface area contributed by atoms with Crippen LogP contribution < -0.4 is 24.9 Å². The van der Waals surface area contributed by atoms with Gasteiger partial charge in [-0.3, -0.25) is 14.2 Å². The molecular weight excluding hydrogens is 576 g/mol. The standard InChI is InChI=1S/C34H36N4O5S/c1-8-42-33(41)30-21(5)35-34-38(31(30)27-11-9-10-12-28(27)43-19(2)3)32(40)29(44-34)18-24-17-20(4)37(22(24)6)26-15-13-25(14-16-26)36-23(7)39/h9-19,31H,8H2,1-7H3,(H,36,39)/b29-18+/t31-/m1/s1. The number of nitrogens with zero attached hydrogens (tertiary/aromatic N) is 3. The Hall–Kier alpha value is -4.70. The van der Waals surface area contributed by atoms with Gasteiger partial charge in [-0.2, -0.15) is 0 Å². The van der Waals surface area contributed by atoms with E-state index in [2.05, 4.69) is 9.88 Å². The van der Waals surface area contributed by atoms with Crippen molar-refractivity contribution >= 4 is 35.0 Å². The van der Waals surface area contributed by atoms with Gasteiger partial charge in [-0.05, 0) is 89.6 Å². The number of fused-ring (bicyclic) bond motifs is 1. The van der Waals surface area contributed by atoms with E-state index in [1.807, 2.05) is 88.4 Å². The number of anilines is 1. The molecular formula is C34H36N4O5S. The zero-order valence-corrected chi connectivity index (χ0v) is 26.7. The molecule has 1 aliphatic heterocycles. The molecule has 1 N–H and O–H groups in total. The van der Waals surface area contributed by atoms with Crippen LogP contribution in [0.5, 0.6) is 5.75 Å². The Labute approximate surface area is 259 Å². The first-order valence-corrected chi connectivity index (χ1v) is 15.3. The number of esters is 1. The number of carbonyl (C=O) groups is 2. The smallest absolute Gasteiger partial charge is 0.338 e. The molecule has 0 aliphatic carbocycles. The topological polar surface area (TPSA) is 104 Å². The van der Waals surface area contributed by atoms with Crippen molar-refractivity contribution in [3.63, 3.8) is 0 Å². The van der Waals surface area contributed by atoms with Crippen molar-refractivity contribution in [3.8, 4) is 11.4 Å². The van der Waals surface area contributed by atoms with Crippen molar-refractivity contribution < 1.29 is 19.1 Å².